The van der Waals surface area contributed by atoms with Gasteiger partial charge >= 0.3 is 0 Å². The summed E-state index contributed by atoms with van der Waals surface area (Å²) in [5.74, 6) is 1.76. The van der Waals surface area contributed by atoms with E-state index in [0.29, 0.717) is 17.5 Å². The van der Waals surface area contributed by atoms with Gasteiger partial charge in [0, 0.05) is 4.90 Å². The first-order chi connectivity index (χ1) is 9.31. The molecular weight excluding hydrogens is 265 g/mol. The maximum atomic E-state index is 12.8. The maximum absolute atomic E-state index is 12.8. The molecule has 2 heterocycles. The maximum Gasteiger partial charge on any atom is 0.243 e. The van der Waals surface area contributed by atoms with Crippen molar-refractivity contribution in [2.75, 3.05) is 6.54 Å². The highest BCUT2D eigenvalue weighted by molar-refractivity contribution is 7.98. The molecule has 0 bridgehead atoms. The van der Waals surface area contributed by atoms with Gasteiger partial charge in [-0.2, -0.15) is 4.98 Å². The topological polar surface area (TPSA) is 51.0 Å². The van der Waals surface area contributed by atoms with Crippen LogP contribution in [0.3, 0.4) is 0 Å². The summed E-state index contributed by atoms with van der Waals surface area (Å²) in [6, 6.07) is 6.61. The van der Waals surface area contributed by atoms with Gasteiger partial charge in [-0.3, -0.25) is 0 Å². The molecule has 4 nitrogen and oxygen atoms in total. The van der Waals surface area contributed by atoms with Gasteiger partial charge in [0.05, 0.1) is 11.8 Å². The second-order valence-electron chi connectivity index (χ2n) is 4.44. The van der Waals surface area contributed by atoms with Crippen LogP contribution in [0.25, 0.3) is 0 Å². The highest BCUT2D eigenvalue weighted by Gasteiger charge is 2.22. The van der Waals surface area contributed by atoms with Crippen LogP contribution in [-0.2, 0) is 5.75 Å². The molecule has 1 atom stereocenters. The van der Waals surface area contributed by atoms with E-state index in [1.807, 2.05) is 0 Å². The van der Waals surface area contributed by atoms with Crippen molar-refractivity contribution in [1.29, 1.82) is 0 Å². The van der Waals surface area contributed by atoms with Crippen molar-refractivity contribution in [1.82, 2.24) is 15.5 Å². The predicted molar refractivity (Wildman–Crippen MR) is 70.2 cm³/mol. The molecule has 3 rings (SSSR count). The van der Waals surface area contributed by atoms with Crippen molar-refractivity contribution in [3.63, 3.8) is 0 Å². The largest absolute Gasteiger partial charge is 0.338 e. The average molecular weight is 279 g/mol. The molecule has 6 heteroatoms. The molecule has 0 amide bonds. The molecule has 2 aromatic rings. The van der Waals surface area contributed by atoms with Crippen LogP contribution in [0, 0.1) is 5.82 Å². The number of hydrogen-bond donors (Lipinski definition) is 1. The van der Waals surface area contributed by atoms with Crippen LogP contribution < -0.4 is 5.32 Å². The number of benzene rings is 1. The normalized spacial score (nSPS) is 18.9. The average Bonchev–Trinajstić information content (AvgIpc) is 3.09. The van der Waals surface area contributed by atoms with E-state index in [-0.39, 0.29) is 11.9 Å². The molecule has 100 valence electrons. The zero-order valence-corrected chi connectivity index (χ0v) is 11.1. The Balaban J connectivity index is 1.59. The van der Waals surface area contributed by atoms with Crippen LogP contribution in [0.1, 0.15) is 30.6 Å². The summed E-state index contributed by atoms with van der Waals surface area (Å²) >= 11 is 1.57. The standard InChI is InChI=1S/C13H14FN3OS/c14-9-3-5-10(6-4-9)19-8-12-16-13(18-17-12)11-2-1-7-15-11/h3-6,11,15H,1-2,7-8H2. The molecule has 0 aliphatic carbocycles. The molecule has 1 aliphatic rings. The van der Waals surface area contributed by atoms with Gasteiger partial charge in [-0.05, 0) is 43.7 Å². The Morgan fingerprint density at radius 3 is 2.95 bits per heavy atom. The third-order valence-corrected chi connectivity index (χ3v) is 4.03. The van der Waals surface area contributed by atoms with E-state index < -0.39 is 0 Å². The van der Waals surface area contributed by atoms with Crippen molar-refractivity contribution in [2.45, 2.75) is 29.5 Å². The Kier molecular flexibility index (Phi) is 3.79. The first-order valence-electron chi connectivity index (χ1n) is 6.25. The van der Waals surface area contributed by atoms with E-state index in [1.54, 1.807) is 23.9 Å². The Morgan fingerprint density at radius 1 is 1.37 bits per heavy atom. The minimum atomic E-state index is -0.224. The van der Waals surface area contributed by atoms with Gasteiger partial charge < -0.3 is 9.84 Å². The molecular formula is C13H14FN3OS. The molecule has 0 radical (unpaired) electrons. The lowest BCUT2D eigenvalue weighted by molar-refractivity contribution is 0.342. The zero-order valence-electron chi connectivity index (χ0n) is 10.3. The Labute approximate surface area is 114 Å². The minimum absolute atomic E-state index is 0.206. The van der Waals surface area contributed by atoms with E-state index in [4.69, 9.17) is 4.52 Å². The molecule has 1 fully saturated rings. The molecule has 1 saturated heterocycles. The SMILES string of the molecule is Fc1ccc(SCc2noc(C3CCCN3)n2)cc1. The van der Waals surface area contributed by atoms with Crippen LogP contribution in [-0.4, -0.2) is 16.7 Å². The molecule has 1 aromatic carbocycles. The number of rotatable bonds is 4. The van der Waals surface area contributed by atoms with Gasteiger partial charge in [-0.1, -0.05) is 5.16 Å². The molecule has 1 unspecified atom stereocenters. The number of thioether (sulfide) groups is 1. The molecule has 1 aromatic heterocycles. The zero-order chi connectivity index (χ0) is 13.1. The highest BCUT2D eigenvalue weighted by atomic mass is 32.2. The monoisotopic (exact) mass is 279 g/mol. The van der Waals surface area contributed by atoms with Crippen LogP contribution in [0.4, 0.5) is 4.39 Å². The van der Waals surface area contributed by atoms with Crippen molar-refractivity contribution in [2.24, 2.45) is 0 Å². The van der Waals surface area contributed by atoms with Crippen LogP contribution >= 0.6 is 11.8 Å². The minimum Gasteiger partial charge on any atom is -0.338 e. The number of hydrogen-bond acceptors (Lipinski definition) is 5. The van der Waals surface area contributed by atoms with E-state index in [2.05, 4.69) is 15.5 Å². The first kappa shape index (κ1) is 12.6. The van der Waals surface area contributed by atoms with E-state index in [0.717, 1.165) is 24.3 Å². The van der Waals surface area contributed by atoms with Gasteiger partial charge in [0.15, 0.2) is 5.82 Å². The fraction of sp³-hybridized carbons (Fsp3) is 0.385. The Morgan fingerprint density at radius 2 is 2.21 bits per heavy atom. The van der Waals surface area contributed by atoms with Crippen LogP contribution in [0.5, 0.6) is 0 Å². The summed E-state index contributed by atoms with van der Waals surface area (Å²) in [5.41, 5.74) is 0. The molecule has 1 aliphatic heterocycles. The number of nitrogens with one attached hydrogen (secondary N) is 1. The number of halogens is 1. The van der Waals surface area contributed by atoms with Gasteiger partial charge in [-0.15, -0.1) is 11.8 Å². The summed E-state index contributed by atoms with van der Waals surface area (Å²) in [7, 11) is 0. The first-order valence-corrected chi connectivity index (χ1v) is 7.24. The molecule has 0 saturated carbocycles. The van der Waals surface area contributed by atoms with Crippen molar-refractivity contribution in [3.8, 4) is 0 Å². The number of nitrogens with zero attached hydrogens (tertiary/aromatic N) is 2. The fourth-order valence-electron chi connectivity index (χ4n) is 2.04. The Hall–Kier alpha value is -1.40. The van der Waals surface area contributed by atoms with Crippen LogP contribution in [0.2, 0.25) is 0 Å². The quantitative estimate of drug-likeness (QED) is 0.872. The number of aromatic nitrogens is 2. The summed E-state index contributed by atoms with van der Waals surface area (Å²) in [4.78, 5) is 5.38. The predicted octanol–water partition coefficient (Wildman–Crippen LogP) is 2.93. The third-order valence-electron chi connectivity index (χ3n) is 3.02. The third kappa shape index (κ3) is 3.13. The summed E-state index contributed by atoms with van der Waals surface area (Å²) in [5, 5.41) is 7.29. The molecule has 0 spiro atoms. The lowest BCUT2D eigenvalue weighted by Gasteiger charge is -2.01. The van der Waals surface area contributed by atoms with Crippen molar-refractivity contribution >= 4 is 11.8 Å². The summed E-state index contributed by atoms with van der Waals surface area (Å²) in [6.07, 6.45) is 2.19. The van der Waals surface area contributed by atoms with Gasteiger partial charge in [0.25, 0.3) is 0 Å². The van der Waals surface area contributed by atoms with Gasteiger partial charge in [0.2, 0.25) is 5.89 Å². The van der Waals surface area contributed by atoms with E-state index in [9.17, 15) is 4.39 Å². The smallest absolute Gasteiger partial charge is 0.243 e. The van der Waals surface area contributed by atoms with Crippen LogP contribution in [0.15, 0.2) is 33.7 Å². The summed E-state index contributed by atoms with van der Waals surface area (Å²) in [6.45, 7) is 1.01. The van der Waals surface area contributed by atoms with E-state index in [1.165, 1.54) is 12.1 Å². The second-order valence-corrected chi connectivity index (χ2v) is 5.49. The van der Waals surface area contributed by atoms with Gasteiger partial charge in [0.1, 0.15) is 5.82 Å². The van der Waals surface area contributed by atoms with E-state index >= 15 is 0 Å². The summed E-state index contributed by atoms with van der Waals surface area (Å²) < 4.78 is 18.0. The second kappa shape index (κ2) is 5.71. The molecule has 19 heavy (non-hydrogen) atoms. The Bertz CT molecular complexity index is 537. The lowest BCUT2D eigenvalue weighted by Crippen LogP contribution is -2.13. The molecule has 1 N–H and O–H groups in total. The fourth-order valence-corrected chi connectivity index (χ4v) is 2.78. The van der Waals surface area contributed by atoms with Gasteiger partial charge in [-0.25, -0.2) is 4.39 Å². The van der Waals surface area contributed by atoms with Crippen molar-refractivity contribution in [3.05, 3.63) is 41.8 Å². The lowest BCUT2D eigenvalue weighted by atomic mass is 10.2. The highest BCUT2D eigenvalue weighted by Crippen LogP contribution is 2.24. The van der Waals surface area contributed by atoms with Crippen molar-refractivity contribution < 1.29 is 8.91 Å².